The SMILES string of the molecule is CN=C(NCCNC(=O)OC(C)(C)C)NCc1ccc(Br)cc1F. The molecule has 0 saturated carbocycles. The van der Waals surface area contributed by atoms with Gasteiger partial charge in [-0.2, -0.15) is 0 Å². The first-order valence-electron chi connectivity index (χ1n) is 7.56. The van der Waals surface area contributed by atoms with Crippen molar-refractivity contribution in [2.24, 2.45) is 4.99 Å². The number of nitrogens with zero attached hydrogens (tertiary/aromatic N) is 1. The maximum absolute atomic E-state index is 13.7. The van der Waals surface area contributed by atoms with Gasteiger partial charge in [0.25, 0.3) is 0 Å². The average molecular weight is 403 g/mol. The van der Waals surface area contributed by atoms with Gasteiger partial charge in [0.1, 0.15) is 11.4 Å². The number of halogens is 2. The molecule has 0 fully saturated rings. The van der Waals surface area contributed by atoms with Gasteiger partial charge in [0.2, 0.25) is 0 Å². The van der Waals surface area contributed by atoms with Crippen LogP contribution in [0.5, 0.6) is 0 Å². The van der Waals surface area contributed by atoms with Crippen molar-refractivity contribution in [1.29, 1.82) is 0 Å². The fourth-order valence-corrected chi connectivity index (χ4v) is 2.06. The van der Waals surface area contributed by atoms with E-state index in [1.54, 1.807) is 40.0 Å². The summed E-state index contributed by atoms with van der Waals surface area (Å²) < 4.78 is 19.6. The van der Waals surface area contributed by atoms with E-state index >= 15 is 0 Å². The van der Waals surface area contributed by atoms with E-state index in [0.717, 1.165) is 0 Å². The quantitative estimate of drug-likeness (QED) is 0.402. The number of nitrogens with one attached hydrogen (secondary N) is 3. The van der Waals surface area contributed by atoms with Gasteiger partial charge in [0.15, 0.2) is 5.96 Å². The highest BCUT2D eigenvalue weighted by molar-refractivity contribution is 9.10. The molecule has 1 rings (SSSR count). The van der Waals surface area contributed by atoms with Crippen LogP contribution in [0.3, 0.4) is 0 Å². The van der Waals surface area contributed by atoms with Crippen molar-refractivity contribution in [3.8, 4) is 0 Å². The molecule has 3 N–H and O–H groups in total. The molecule has 0 spiro atoms. The van der Waals surface area contributed by atoms with Crippen LogP contribution < -0.4 is 16.0 Å². The molecule has 0 atom stereocenters. The summed E-state index contributed by atoms with van der Waals surface area (Å²) in [5, 5.41) is 8.67. The molecule has 0 bridgehead atoms. The third-order valence-electron chi connectivity index (χ3n) is 2.77. The van der Waals surface area contributed by atoms with E-state index in [4.69, 9.17) is 4.74 Å². The third kappa shape index (κ3) is 8.14. The Labute approximate surface area is 150 Å². The number of alkyl carbamates (subject to hydrolysis) is 1. The summed E-state index contributed by atoms with van der Waals surface area (Å²) in [6.45, 7) is 6.55. The van der Waals surface area contributed by atoms with Gasteiger partial charge in [-0.05, 0) is 32.9 Å². The Balaban J connectivity index is 2.32. The van der Waals surface area contributed by atoms with E-state index in [0.29, 0.717) is 35.6 Å². The van der Waals surface area contributed by atoms with Crippen LogP contribution in [-0.4, -0.2) is 37.8 Å². The molecule has 6 nitrogen and oxygen atoms in total. The molecule has 0 aromatic heterocycles. The van der Waals surface area contributed by atoms with Crippen LogP contribution in [0.15, 0.2) is 27.7 Å². The summed E-state index contributed by atoms with van der Waals surface area (Å²) in [6.07, 6.45) is -0.468. The Bertz CT molecular complexity index is 588. The molecule has 0 radical (unpaired) electrons. The maximum Gasteiger partial charge on any atom is 0.407 e. The molecule has 1 aromatic carbocycles. The lowest BCUT2D eigenvalue weighted by Gasteiger charge is -2.20. The van der Waals surface area contributed by atoms with Gasteiger partial charge in [-0.25, -0.2) is 9.18 Å². The lowest BCUT2D eigenvalue weighted by Crippen LogP contribution is -2.42. The molecule has 134 valence electrons. The molecule has 0 aliphatic heterocycles. The zero-order valence-electron chi connectivity index (χ0n) is 14.4. The second-order valence-electron chi connectivity index (χ2n) is 6.02. The van der Waals surface area contributed by atoms with Gasteiger partial charge in [0, 0.05) is 36.7 Å². The summed E-state index contributed by atoms with van der Waals surface area (Å²) in [6, 6.07) is 4.89. The summed E-state index contributed by atoms with van der Waals surface area (Å²) >= 11 is 3.22. The first-order valence-corrected chi connectivity index (χ1v) is 8.36. The summed E-state index contributed by atoms with van der Waals surface area (Å²) in [4.78, 5) is 15.5. The molecule has 0 unspecified atom stereocenters. The number of carbonyl (C=O) groups is 1. The monoisotopic (exact) mass is 402 g/mol. The fraction of sp³-hybridized carbons (Fsp3) is 0.500. The topological polar surface area (TPSA) is 74.8 Å². The number of amides is 1. The van der Waals surface area contributed by atoms with Crippen molar-refractivity contribution in [3.63, 3.8) is 0 Å². The van der Waals surface area contributed by atoms with Crippen molar-refractivity contribution < 1.29 is 13.9 Å². The first kappa shape index (κ1) is 20.2. The molecule has 8 heteroatoms. The summed E-state index contributed by atoms with van der Waals surface area (Å²) in [5.41, 5.74) is 0.0113. The van der Waals surface area contributed by atoms with Gasteiger partial charge >= 0.3 is 6.09 Å². The lowest BCUT2D eigenvalue weighted by molar-refractivity contribution is 0.0529. The van der Waals surface area contributed by atoms with Crippen LogP contribution in [0, 0.1) is 5.82 Å². The number of hydrogen-bond donors (Lipinski definition) is 3. The number of ether oxygens (including phenoxy) is 1. The number of aliphatic imine (C=N–C) groups is 1. The number of guanidine groups is 1. The van der Waals surface area contributed by atoms with E-state index in [2.05, 4.69) is 36.9 Å². The zero-order chi connectivity index (χ0) is 18.2. The normalized spacial score (nSPS) is 11.8. The van der Waals surface area contributed by atoms with Crippen LogP contribution in [0.1, 0.15) is 26.3 Å². The van der Waals surface area contributed by atoms with Crippen LogP contribution in [-0.2, 0) is 11.3 Å². The van der Waals surface area contributed by atoms with Crippen LogP contribution in [0.25, 0.3) is 0 Å². The van der Waals surface area contributed by atoms with Crippen molar-refractivity contribution in [1.82, 2.24) is 16.0 Å². The molecular weight excluding hydrogens is 379 g/mol. The van der Waals surface area contributed by atoms with Crippen LogP contribution in [0.2, 0.25) is 0 Å². The minimum absolute atomic E-state index is 0.293. The number of hydrogen-bond acceptors (Lipinski definition) is 3. The Morgan fingerprint density at radius 2 is 1.92 bits per heavy atom. The van der Waals surface area contributed by atoms with E-state index < -0.39 is 11.7 Å². The first-order chi connectivity index (χ1) is 11.2. The Morgan fingerprint density at radius 3 is 2.50 bits per heavy atom. The molecule has 1 aromatic rings. The molecule has 0 aliphatic rings. The molecule has 1 amide bonds. The van der Waals surface area contributed by atoms with Crippen molar-refractivity contribution >= 4 is 28.0 Å². The van der Waals surface area contributed by atoms with Crippen molar-refractivity contribution in [3.05, 3.63) is 34.1 Å². The highest BCUT2D eigenvalue weighted by Crippen LogP contribution is 2.14. The lowest BCUT2D eigenvalue weighted by atomic mass is 10.2. The highest BCUT2D eigenvalue weighted by Gasteiger charge is 2.15. The van der Waals surface area contributed by atoms with E-state index in [1.807, 2.05) is 0 Å². The van der Waals surface area contributed by atoms with E-state index in [-0.39, 0.29) is 5.82 Å². The largest absolute Gasteiger partial charge is 0.444 e. The number of benzene rings is 1. The molecular formula is C16H24BrFN4O2. The predicted molar refractivity (Wildman–Crippen MR) is 96.5 cm³/mol. The fourth-order valence-electron chi connectivity index (χ4n) is 1.72. The second-order valence-corrected chi connectivity index (χ2v) is 6.93. The Morgan fingerprint density at radius 1 is 1.25 bits per heavy atom. The van der Waals surface area contributed by atoms with E-state index in [9.17, 15) is 9.18 Å². The molecule has 24 heavy (non-hydrogen) atoms. The van der Waals surface area contributed by atoms with Crippen LogP contribution >= 0.6 is 15.9 Å². The molecule has 0 aliphatic carbocycles. The third-order valence-corrected chi connectivity index (χ3v) is 3.26. The highest BCUT2D eigenvalue weighted by atomic mass is 79.9. The number of carbonyl (C=O) groups excluding carboxylic acids is 1. The van der Waals surface area contributed by atoms with Crippen molar-refractivity contribution in [2.45, 2.75) is 32.9 Å². The van der Waals surface area contributed by atoms with Crippen molar-refractivity contribution in [2.75, 3.05) is 20.1 Å². The Hall–Kier alpha value is -1.83. The standard InChI is InChI=1S/C16H24BrFN4O2/c1-16(2,3)24-15(23)21-8-7-20-14(19-4)22-10-11-5-6-12(17)9-13(11)18/h5-6,9H,7-8,10H2,1-4H3,(H,21,23)(H2,19,20,22). The second kappa shape index (κ2) is 9.46. The van der Waals surface area contributed by atoms with Gasteiger partial charge in [-0.1, -0.05) is 22.0 Å². The summed E-state index contributed by atoms with van der Waals surface area (Å²) in [5.74, 6) is 0.224. The van der Waals surface area contributed by atoms with Gasteiger partial charge in [-0.15, -0.1) is 0 Å². The molecule has 0 heterocycles. The Kier molecular flexibility index (Phi) is 7.97. The maximum atomic E-state index is 13.7. The molecule has 0 saturated heterocycles. The minimum atomic E-state index is -0.524. The van der Waals surface area contributed by atoms with Gasteiger partial charge in [-0.3, -0.25) is 4.99 Å². The van der Waals surface area contributed by atoms with Crippen LogP contribution in [0.4, 0.5) is 9.18 Å². The smallest absolute Gasteiger partial charge is 0.407 e. The zero-order valence-corrected chi connectivity index (χ0v) is 16.0. The summed E-state index contributed by atoms with van der Waals surface area (Å²) in [7, 11) is 1.62. The van der Waals surface area contributed by atoms with Gasteiger partial charge < -0.3 is 20.7 Å². The minimum Gasteiger partial charge on any atom is -0.444 e. The predicted octanol–water partition coefficient (Wildman–Crippen LogP) is 2.78. The van der Waals surface area contributed by atoms with Gasteiger partial charge in [0.05, 0.1) is 0 Å². The number of rotatable bonds is 5. The average Bonchev–Trinajstić information content (AvgIpc) is 2.46. The van der Waals surface area contributed by atoms with E-state index in [1.165, 1.54) is 6.07 Å².